The predicted octanol–water partition coefficient (Wildman–Crippen LogP) is 4.05. The first-order valence-corrected chi connectivity index (χ1v) is 7.07. The van der Waals surface area contributed by atoms with E-state index in [0.29, 0.717) is 16.6 Å². The Morgan fingerprint density at radius 1 is 1.22 bits per heavy atom. The van der Waals surface area contributed by atoms with Gasteiger partial charge in [-0.05, 0) is 30.0 Å². The van der Waals surface area contributed by atoms with Crippen molar-refractivity contribution in [1.29, 1.82) is 0 Å². The molecule has 0 aliphatic heterocycles. The maximum Gasteiger partial charge on any atom is 0.0687 e. The highest BCUT2D eigenvalue weighted by Gasteiger charge is 2.14. The molecule has 0 aliphatic rings. The van der Waals surface area contributed by atoms with Crippen molar-refractivity contribution in [1.82, 2.24) is 5.32 Å². The van der Waals surface area contributed by atoms with Gasteiger partial charge in [0.2, 0.25) is 0 Å². The van der Waals surface area contributed by atoms with Crippen LogP contribution in [0.2, 0.25) is 10.0 Å². The smallest absolute Gasteiger partial charge is 0.0687 e. The topological polar surface area (TPSA) is 32.3 Å². The van der Waals surface area contributed by atoms with E-state index in [0.717, 1.165) is 12.0 Å². The zero-order chi connectivity index (χ0) is 13.7. The van der Waals surface area contributed by atoms with Crippen molar-refractivity contribution in [3.05, 3.63) is 33.8 Å². The van der Waals surface area contributed by atoms with E-state index in [1.54, 1.807) is 0 Å². The molecular weight excluding hydrogens is 269 g/mol. The third-order valence-electron chi connectivity index (χ3n) is 3.10. The standard InChI is InChI=1S/C14H21Cl2NO/c1-4-13(17-8-14(18)9(2)3)10-5-6-11(15)12(16)7-10/h5-7,9,13-14,17-18H,4,8H2,1-3H3. The van der Waals surface area contributed by atoms with Crippen molar-refractivity contribution in [3.8, 4) is 0 Å². The van der Waals surface area contributed by atoms with Gasteiger partial charge in [0.25, 0.3) is 0 Å². The van der Waals surface area contributed by atoms with Gasteiger partial charge < -0.3 is 10.4 Å². The fourth-order valence-electron chi connectivity index (χ4n) is 1.73. The molecule has 0 saturated carbocycles. The van der Waals surface area contributed by atoms with Crippen LogP contribution in [-0.2, 0) is 0 Å². The van der Waals surface area contributed by atoms with Crippen LogP contribution in [-0.4, -0.2) is 17.8 Å². The number of rotatable bonds is 6. The molecule has 1 rings (SSSR count). The summed E-state index contributed by atoms with van der Waals surface area (Å²) in [6, 6.07) is 5.85. The van der Waals surface area contributed by atoms with Gasteiger partial charge in [0, 0.05) is 12.6 Å². The Bertz CT molecular complexity index is 382. The van der Waals surface area contributed by atoms with Gasteiger partial charge in [0.05, 0.1) is 16.1 Å². The first-order valence-electron chi connectivity index (χ1n) is 6.32. The molecule has 2 N–H and O–H groups in total. The second-order valence-corrected chi connectivity index (χ2v) is 5.67. The van der Waals surface area contributed by atoms with Crippen molar-refractivity contribution in [2.75, 3.05) is 6.54 Å². The van der Waals surface area contributed by atoms with E-state index in [9.17, 15) is 5.11 Å². The van der Waals surface area contributed by atoms with E-state index in [1.807, 2.05) is 32.0 Å². The largest absolute Gasteiger partial charge is 0.392 e. The summed E-state index contributed by atoms with van der Waals surface area (Å²) < 4.78 is 0. The molecule has 18 heavy (non-hydrogen) atoms. The first-order chi connectivity index (χ1) is 8.45. The summed E-state index contributed by atoms with van der Waals surface area (Å²) in [5, 5.41) is 14.3. The maximum absolute atomic E-state index is 9.81. The molecule has 0 amide bonds. The van der Waals surface area contributed by atoms with Gasteiger partial charge in [-0.25, -0.2) is 0 Å². The van der Waals surface area contributed by atoms with Crippen molar-refractivity contribution in [3.63, 3.8) is 0 Å². The molecule has 0 saturated heterocycles. The molecule has 2 nitrogen and oxygen atoms in total. The Morgan fingerprint density at radius 3 is 2.39 bits per heavy atom. The molecule has 0 radical (unpaired) electrons. The minimum absolute atomic E-state index is 0.188. The van der Waals surface area contributed by atoms with E-state index < -0.39 is 0 Å². The summed E-state index contributed by atoms with van der Waals surface area (Å²) in [5.74, 6) is 0.254. The molecule has 4 heteroatoms. The van der Waals surface area contributed by atoms with Crippen molar-refractivity contribution in [2.45, 2.75) is 39.3 Å². The highest BCUT2D eigenvalue weighted by molar-refractivity contribution is 6.42. The SMILES string of the molecule is CCC(NCC(O)C(C)C)c1ccc(Cl)c(Cl)c1. The summed E-state index contributed by atoms with van der Waals surface area (Å²) in [5.41, 5.74) is 1.10. The Labute approximate surface area is 119 Å². The quantitative estimate of drug-likeness (QED) is 0.828. The Balaban J connectivity index is 2.68. The Hall–Kier alpha value is -0.280. The molecule has 2 unspecified atom stereocenters. The molecule has 0 fully saturated rings. The predicted molar refractivity (Wildman–Crippen MR) is 78.3 cm³/mol. The lowest BCUT2D eigenvalue weighted by Crippen LogP contribution is -2.33. The van der Waals surface area contributed by atoms with Crippen LogP contribution in [0.3, 0.4) is 0 Å². The van der Waals surface area contributed by atoms with Gasteiger partial charge in [-0.1, -0.05) is 50.0 Å². The van der Waals surface area contributed by atoms with Crippen LogP contribution in [0.15, 0.2) is 18.2 Å². The van der Waals surface area contributed by atoms with Crippen molar-refractivity contribution in [2.24, 2.45) is 5.92 Å². The number of aliphatic hydroxyl groups is 1. The number of hydrogen-bond donors (Lipinski definition) is 2. The van der Waals surface area contributed by atoms with Crippen LogP contribution in [0.25, 0.3) is 0 Å². The molecule has 1 aromatic rings. The van der Waals surface area contributed by atoms with Gasteiger partial charge in [0.1, 0.15) is 0 Å². The first kappa shape index (κ1) is 15.8. The maximum atomic E-state index is 9.81. The van der Waals surface area contributed by atoms with Crippen LogP contribution in [0.1, 0.15) is 38.8 Å². The molecule has 0 heterocycles. The van der Waals surface area contributed by atoms with Crippen LogP contribution in [0.4, 0.5) is 0 Å². The Kier molecular flexibility index (Phi) is 6.44. The van der Waals surface area contributed by atoms with E-state index in [-0.39, 0.29) is 18.1 Å². The van der Waals surface area contributed by atoms with Crippen molar-refractivity contribution < 1.29 is 5.11 Å². The summed E-state index contributed by atoms with van der Waals surface area (Å²) in [6.07, 6.45) is 0.602. The van der Waals surface area contributed by atoms with Crippen LogP contribution >= 0.6 is 23.2 Å². The third kappa shape index (κ3) is 4.43. The minimum Gasteiger partial charge on any atom is -0.392 e. The van der Waals surface area contributed by atoms with Gasteiger partial charge in [-0.2, -0.15) is 0 Å². The van der Waals surface area contributed by atoms with Gasteiger partial charge >= 0.3 is 0 Å². The van der Waals surface area contributed by atoms with Crippen LogP contribution in [0, 0.1) is 5.92 Å². The zero-order valence-corrected chi connectivity index (χ0v) is 12.6. The van der Waals surface area contributed by atoms with Crippen LogP contribution < -0.4 is 5.32 Å². The molecule has 0 bridgehead atoms. The Morgan fingerprint density at radius 2 is 1.89 bits per heavy atom. The molecule has 0 spiro atoms. The summed E-state index contributed by atoms with van der Waals surface area (Å²) in [4.78, 5) is 0. The monoisotopic (exact) mass is 289 g/mol. The molecule has 1 aromatic carbocycles. The van der Waals surface area contributed by atoms with E-state index in [1.165, 1.54) is 0 Å². The lowest BCUT2D eigenvalue weighted by atomic mass is 10.0. The number of benzene rings is 1. The number of nitrogens with one attached hydrogen (secondary N) is 1. The number of aliphatic hydroxyl groups excluding tert-OH is 1. The molecule has 0 aliphatic carbocycles. The molecular formula is C14H21Cl2NO. The summed E-state index contributed by atoms with van der Waals surface area (Å²) in [6.45, 7) is 6.69. The highest BCUT2D eigenvalue weighted by Crippen LogP contribution is 2.26. The lowest BCUT2D eigenvalue weighted by molar-refractivity contribution is 0.120. The third-order valence-corrected chi connectivity index (χ3v) is 3.84. The van der Waals surface area contributed by atoms with E-state index in [4.69, 9.17) is 23.2 Å². The fourth-order valence-corrected chi connectivity index (χ4v) is 2.03. The summed E-state index contributed by atoms with van der Waals surface area (Å²) >= 11 is 11.9. The van der Waals surface area contributed by atoms with Crippen molar-refractivity contribution >= 4 is 23.2 Å². The molecule has 102 valence electrons. The van der Waals surface area contributed by atoms with Gasteiger partial charge in [-0.15, -0.1) is 0 Å². The lowest BCUT2D eigenvalue weighted by Gasteiger charge is -2.22. The van der Waals surface area contributed by atoms with E-state index >= 15 is 0 Å². The number of halogens is 2. The minimum atomic E-state index is -0.332. The molecule has 2 atom stereocenters. The number of hydrogen-bond acceptors (Lipinski definition) is 2. The van der Waals surface area contributed by atoms with Gasteiger partial charge in [0.15, 0.2) is 0 Å². The second-order valence-electron chi connectivity index (χ2n) is 4.85. The summed E-state index contributed by atoms with van der Waals surface area (Å²) in [7, 11) is 0. The fraction of sp³-hybridized carbons (Fsp3) is 0.571. The average Bonchev–Trinajstić information content (AvgIpc) is 2.33. The average molecular weight is 290 g/mol. The zero-order valence-electron chi connectivity index (χ0n) is 11.1. The van der Waals surface area contributed by atoms with E-state index in [2.05, 4.69) is 12.2 Å². The highest BCUT2D eigenvalue weighted by atomic mass is 35.5. The van der Waals surface area contributed by atoms with Gasteiger partial charge in [-0.3, -0.25) is 0 Å². The van der Waals surface area contributed by atoms with Crippen LogP contribution in [0.5, 0.6) is 0 Å². The molecule has 0 aromatic heterocycles. The second kappa shape index (κ2) is 7.34. The normalized spacial score (nSPS) is 14.8.